The van der Waals surface area contributed by atoms with Crippen molar-refractivity contribution in [3.05, 3.63) is 0 Å². The molecule has 1 heteroatoms. The SMILES string of the molecule is CC(C)CNC1(C)CC1.[HH]. The van der Waals surface area contributed by atoms with E-state index in [1.165, 1.54) is 19.4 Å². The highest BCUT2D eigenvalue weighted by atomic mass is 15.0. The van der Waals surface area contributed by atoms with E-state index in [9.17, 15) is 0 Å². The largest absolute Gasteiger partial charge is 0.311 e. The van der Waals surface area contributed by atoms with Crippen LogP contribution in [0.5, 0.6) is 0 Å². The van der Waals surface area contributed by atoms with Crippen molar-refractivity contribution >= 4 is 0 Å². The van der Waals surface area contributed by atoms with Crippen LogP contribution < -0.4 is 5.32 Å². The zero-order valence-corrected chi connectivity index (χ0v) is 6.70. The molecule has 0 aromatic heterocycles. The van der Waals surface area contributed by atoms with Crippen molar-refractivity contribution in [2.75, 3.05) is 6.54 Å². The van der Waals surface area contributed by atoms with Crippen LogP contribution in [0.3, 0.4) is 0 Å². The summed E-state index contributed by atoms with van der Waals surface area (Å²) in [6, 6.07) is 0. The van der Waals surface area contributed by atoms with Gasteiger partial charge in [-0.2, -0.15) is 0 Å². The van der Waals surface area contributed by atoms with Crippen LogP contribution in [-0.4, -0.2) is 12.1 Å². The highest BCUT2D eigenvalue weighted by molar-refractivity contribution is 4.97. The summed E-state index contributed by atoms with van der Waals surface area (Å²) in [6.45, 7) is 7.98. The average molecular weight is 129 g/mol. The van der Waals surface area contributed by atoms with Crippen LogP contribution in [0.4, 0.5) is 0 Å². The molecule has 0 aromatic carbocycles. The maximum atomic E-state index is 3.53. The smallest absolute Gasteiger partial charge is 0.0154 e. The monoisotopic (exact) mass is 129 g/mol. The third-order valence-corrected chi connectivity index (χ3v) is 1.94. The molecule has 1 fully saturated rings. The number of hydrogen-bond donors (Lipinski definition) is 1. The first-order valence-corrected chi connectivity index (χ1v) is 3.87. The van der Waals surface area contributed by atoms with Gasteiger partial charge in [-0.3, -0.25) is 0 Å². The van der Waals surface area contributed by atoms with Crippen molar-refractivity contribution in [3.63, 3.8) is 0 Å². The molecular weight excluding hydrogens is 110 g/mol. The first-order valence-electron chi connectivity index (χ1n) is 3.87. The van der Waals surface area contributed by atoms with E-state index in [-0.39, 0.29) is 1.43 Å². The number of rotatable bonds is 3. The molecule has 0 atom stereocenters. The summed E-state index contributed by atoms with van der Waals surface area (Å²) in [7, 11) is 0. The van der Waals surface area contributed by atoms with Gasteiger partial charge in [0, 0.05) is 6.97 Å². The van der Waals surface area contributed by atoms with E-state index >= 15 is 0 Å². The zero-order valence-electron chi connectivity index (χ0n) is 6.70. The lowest BCUT2D eigenvalue weighted by Crippen LogP contribution is -2.31. The van der Waals surface area contributed by atoms with Gasteiger partial charge in [-0.1, -0.05) is 13.8 Å². The Balaban J connectivity index is 0.000000810. The Bertz CT molecular complexity index is 97.4. The van der Waals surface area contributed by atoms with E-state index in [0.717, 1.165) is 5.92 Å². The van der Waals surface area contributed by atoms with Crippen LogP contribution in [0.1, 0.15) is 35.0 Å². The molecule has 1 rings (SSSR count). The van der Waals surface area contributed by atoms with E-state index < -0.39 is 0 Å². The maximum Gasteiger partial charge on any atom is 0.0154 e. The third-order valence-electron chi connectivity index (χ3n) is 1.94. The number of nitrogens with one attached hydrogen (secondary N) is 1. The van der Waals surface area contributed by atoms with E-state index in [2.05, 4.69) is 26.1 Å². The van der Waals surface area contributed by atoms with Crippen LogP contribution in [-0.2, 0) is 0 Å². The van der Waals surface area contributed by atoms with E-state index in [1.807, 2.05) is 0 Å². The second kappa shape index (κ2) is 2.30. The minimum Gasteiger partial charge on any atom is -0.311 e. The van der Waals surface area contributed by atoms with Gasteiger partial charge >= 0.3 is 0 Å². The lowest BCUT2D eigenvalue weighted by atomic mass is 10.2. The van der Waals surface area contributed by atoms with Gasteiger partial charge in [0.05, 0.1) is 0 Å². The third kappa shape index (κ3) is 2.35. The summed E-state index contributed by atoms with van der Waals surface area (Å²) in [6.07, 6.45) is 2.75. The molecule has 1 N–H and O–H groups in total. The molecule has 56 valence electrons. The van der Waals surface area contributed by atoms with Gasteiger partial charge < -0.3 is 5.32 Å². The lowest BCUT2D eigenvalue weighted by molar-refractivity contribution is 0.474. The fraction of sp³-hybridized carbons (Fsp3) is 1.00. The molecule has 1 aliphatic rings. The van der Waals surface area contributed by atoms with Crippen LogP contribution in [0, 0.1) is 5.92 Å². The van der Waals surface area contributed by atoms with Crippen molar-refractivity contribution in [2.45, 2.75) is 39.2 Å². The van der Waals surface area contributed by atoms with E-state index in [1.54, 1.807) is 0 Å². The minimum atomic E-state index is 0. The molecule has 1 nitrogen and oxygen atoms in total. The summed E-state index contributed by atoms with van der Waals surface area (Å²) in [5.41, 5.74) is 0.532. The van der Waals surface area contributed by atoms with Crippen molar-refractivity contribution in [1.29, 1.82) is 0 Å². The Kier molecular flexibility index (Phi) is 1.80. The average Bonchev–Trinajstić information content (AvgIpc) is 2.45. The first-order chi connectivity index (χ1) is 4.12. The molecule has 0 unspecified atom stereocenters. The highest BCUT2D eigenvalue weighted by Gasteiger charge is 2.36. The molecule has 9 heavy (non-hydrogen) atoms. The number of hydrogen-bond acceptors (Lipinski definition) is 1. The van der Waals surface area contributed by atoms with Crippen molar-refractivity contribution < 1.29 is 1.43 Å². The predicted molar refractivity (Wildman–Crippen MR) is 42.6 cm³/mol. The van der Waals surface area contributed by atoms with E-state index in [4.69, 9.17) is 0 Å². The molecular formula is C8H19N. The molecule has 0 amide bonds. The Morgan fingerprint density at radius 2 is 2.11 bits per heavy atom. The Morgan fingerprint density at radius 3 is 2.44 bits per heavy atom. The van der Waals surface area contributed by atoms with Gasteiger partial charge in [0.1, 0.15) is 0 Å². The molecule has 0 bridgehead atoms. The summed E-state index contributed by atoms with van der Waals surface area (Å²) in [4.78, 5) is 0. The predicted octanol–water partition coefficient (Wildman–Crippen LogP) is 2.03. The van der Waals surface area contributed by atoms with Gasteiger partial charge in [0.25, 0.3) is 0 Å². The fourth-order valence-electron chi connectivity index (χ4n) is 0.815. The highest BCUT2D eigenvalue weighted by Crippen LogP contribution is 2.34. The zero-order chi connectivity index (χ0) is 6.91. The Hall–Kier alpha value is -0.0400. The van der Waals surface area contributed by atoms with Crippen LogP contribution in [0.25, 0.3) is 0 Å². The standard InChI is InChI=1S/C8H17N.H2/c1-7(2)6-9-8(3)4-5-8;/h7,9H,4-6H2,1-3H3;1H. The molecule has 0 heterocycles. The fourth-order valence-corrected chi connectivity index (χ4v) is 0.815. The quantitative estimate of drug-likeness (QED) is 0.615. The Labute approximate surface area is 59.3 Å². The molecule has 0 spiro atoms. The second-order valence-corrected chi connectivity index (χ2v) is 3.84. The van der Waals surface area contributed by atoms with Gasteiger partial charge in [-0.05, 0) is 32.2 Å². The second-order valence-electron chi connectivity index (χ2n) is 3.84. The van der Waals surface area contributed by atoms with Crippen molar-refractivity contribution in [2.24, 2.45) is 5.92 Å². The van der Waals surface area contributed by atoms with Crippen LogP contribution in [0.2, 0.25) is 0 Å². The molecule has 1 saturated carbocycles. The van der Waals surface area contributed by atoms with E-state index in [0.29, 0.717) is 5.54 Å². The van der Waals surface area contributed by atoms with Gasteiger partial charge in [0.15, 0.2) is 0 Å². The van der Waals surface area contributed by atoms with Gasteiger partial charge in [-0.15, -0.1) is 0 Å². The molecule has 0 radical (unpaired) electrons. The van der Waals surface area contributed by atoms with Crippen molar-refractivity contribution in [1.82, 2.24) is 5.32 Å². The van der Waals surface area contributed by atoms with Crippen LogP contribution in [0.15, 0.2) is 0 Å². The molecule has 0 aromatic rings. The summed E-state index contributed by atoms with van der Waals surface area (Å²) in [5.74, 6) is 0.794. The molecule has 0 aliphatic heterocycles. The van der Waals surface area contributed by atoms with Gasteiger partial charge in [0.2, 0.25) is 0 Å². The lowest BCUT2D eigenvalue weighted by Gasteiger charge is -2.12. The van der Waals surface area contributed by atoms with Gasteiger partial charge in [-0.25, -0.2) is 0 Å². The normalized spacial score (nSPS) is 22.7. The minimum absolute atomic E-state index is 0. The summed E-state index contributed by atoms with van der Waals surface area (Å²) in [5, 5.41) is 3.53. The first kappa shape index (κ1) is 7.07. The molecule has 0 saturated heterocycles. The Morgan fingerprint density at radius 1 is 1.56 bits per heavy atom. The van der Waals surface area contributed by atoms with Crippen LogP contribution >= 0.6 is 0 Å². The topological polar surface area (TPSA) is 12.0 Å². The summed E-state index contributed by atoms with van der Waals surface area (Å²) < 4.78 is 0. The summed E-state index contributed by atoms with van der Waals surface area (Å²) >= 11 is 0. The maximum absolute atomic E-state index is 3.53. The molecule has 1 aliphatic carbocycles. The van der Waals surface area contributed by atoms with Crippen molar-refractivity contribution in [3.8, 4) is 0 Å².